The maximum absolute atomic E-state index is 11.2. The van der Waals surface area contributed by atoms with Crippen molar-refractivity contribution in [2.45, 2.75) is 6.61 Å². The third kappa shape index (κ3) is 2.90. The molecule has 5 nitrogen and oxygen atoms in total. The normalized spacial score (nSPS) is 10.3. The van der Waals surface area contributed by atoms with Gasteiger partial charge in [-0.25, -0.2) is 0 Å². The number of hydrogen-bond donors (Lipinski definition) is 1. The summed E-state index contributed by atoms with van der Waals surface area (Å²) >= 11 is 12.7. The summed E-state index contributed by atoms with van der Waals surface area (Å²) in [5.74, 6) is -0.303. The minimum absolute atomic E-state index is 0.0932. The Morgan fingerprint density at radius 1 is 1.44 bits per heavy atom. The fourth-order valence-corrected chi connectivity index (χ4v) is 2.01. The van der Waals surface area contributed by atoms with Gasteiger partial charge < -0.3 is 10.5 Å². The maximum atomic E-state index is 11.2. The summed E-state index contributed by atoms with van der Waals surface area (Å²) < 4.78 is 9.55. The van der Waals surface area contributed by atoms with Crippen LogP contribution in [0.5, 0.6) is 5.75 Å². The molecule has 1 heterocycles. The molecule has 18 heavy (non-hydrogen) atoms. The molecule has 0 aliphatic carbocycles. The molecule has 1 aromatic carbocycles. The van der Waals surface area contributed by atoms with Crippen LogP contribution in [0.15, 0.2) is 18.2 Å². The van der Waals surface area contributed by atoms with Crippen molar-refractivity contribution in [3.8, 4) is 5.75 Å². The topological polar surface area (TPSA) is 78.1 Å². The van der Waals surface area contributed by atoms with Crippen molar-refractivity contribution in [1.82, 2.24) is 9.59 Å². The highest BCUT2D eigenvalue weighted by molar-refractivity contribution is 7.10. The number of hydrogen-bond acceptors (Lipinski definition) is 5. The van der Waals surface area contributed by atoms with E-state index in [0.717, 1.165) is 11.5 Å². The highest BCUT2D eigenvalue weighted by Gasteiger charge is 2.12. The van der Waals surface area contributed by atoms with Gasteiger partial charge in [-0.1, -0.05) is 27.7 Å². The zero-order valence-corrected chi connectivity index (χ0v) is 11.2. The molecule has 0 saturated heterocycles. The van der Waals surface area contributed by atoms with Crippen molar-refractivity contribution in [1.29, 1.82) is 0 Å². The molecule has 94 valence electrons. The van der Waals surface area contributed by atoms with E-state index in [4.69, 9.17) is 33.7 Å². The first-order valence-electron chi connectivity index (χ1n) is 4.77. The molecule has 1 amide bonds. The number of amides is 1. The predicted molar refractivity (Wildman–Crippen MR) is 69.2 cm³/mol. The van der Waals surface area contributed by atoms with Crippen molar-refractivity contribution in [3.05, 3.63) is 38.8 Å². The zero-order valence-electron chi connectivity index (χ0n) is 8.89. The molecular weight excluding hydrogens is 297 g/mol. The van der Waals surface area contributed by atoms with Crippen LogP contribution in [0.3, 0.4) is 0 Å². The van der Waals surface area contributed by atoms with Gasteiger partial charge >= 0.3 is 0 Å². The Morgan fingerprint density at radius 2 is 2.22 bits per heavy atom. The quantitative estimate of drug-likeness (QED) is 0.941. The highest BCUT2D eigenvalue weighted by atomic mass is 35.5. The number of carbonyl (C=O) groups is 1. The van der Waals surface area contributed by atoms with Gasteiger partial charge in [-0.2, -0.15) is 0 Å². The minimum Gasteiger partial charge on any atom is -0.486 e. The monoisotopic (exact) mass is 303 g/mol. The summed E-state index contributed by atoms with van der Waals surface area (Å²) in [6, 6.07) is 4.57. The fourth-order valence-electron chi connectivity index (χ4n) is 1.25. The number of aromatic nitrogens is 2. The second-order valence-electron chi connectivity index (χ2n) is 3.29. The number of halogens is 2. The number of primary amides is 1. The summed E-state index contributed by atoms with van der Waals surface area (Å²) in [6.45, 7) is 0.0932. The van der Waals surface area contributed by atoms with Crippen LogP contribution in [0.1, 0.15) is 16.1 Å². The third-order valence-electron chi connectivity index (χ3n) is 2.08. The van der Waals surface area contributed by atoms with Gasteiger partial charge in [-0.15, -0.1) is 5.10 Å². The van der Waals surface area contributed by atoms with Gasteiger partial charge in [0.1, 0.15) is 22.4 Å². The van der Waals surface area contributed by atoms with E-state index in [0.29, 0.717) is 20.8 Å². The third-order valence-corrected chi connectivity index (χ3v) is 3.30. The Labute approximate surface area is 117 Å². The molecule has 8 heteroatoms. The lowest BCUT2D eigenvalue weighted by atomic mass is 10.2. The van der Waals surface area contributed by atoms with E-state index in [1.54, 1.807) is 6.07 Å². The van der Waals surface area contributed by atoms with E-state index < -0.39 is 5.91 Å². The SMILES string of the molecule is NC(=O)c1ccc(Cl)cc1OCc1nnsc1Cl. The van der Waals surface area contributed by atoms with Gasteiger partial charge in [0.2, 0.25) is 0 Å². The van der Waals surface area contributed by atoms with Crippen LogP contribution in [-0.4, -0.2) is 15.5 Å². The second kappa shape index (κ2) is 5.51. The number of nitrogens with zero attached hydrogens (tertiary/aromatic N) is 2. The van der Waals surface area contributed by atoms with Crippen LogP contribution in [0.25, 0.3) is 0 Å². The lowest BCUT2D eigenvalue weighted by Crippen LogP contribution is -2.13. The molecule has 0 unspecified atom stereocenters. The Balaban J connectivity index is 2.20. The Morgan fingerprint density at radius 3 is 2.83 bits per heavy atom. The summed E-state index contributed by atoms with van der Waals surface area (Å²) in [6.07, 6.45) is 0. The van der Waals surface area contributed by atoms with Gasteiger partial charge in [-0.3, -0.25) is 4.79 Å². The van der Waals surface area contributed by atoms with Crippen LogP contribution >= 0.6 is 34.7 Å². The number of carbonyl (C=O) groups excluding carboxylic acids is 1. The predicted octanol–water partition coefficient (Wildman–Crippen LogP) is 2.52. The Hall–Kier alpha value is -1.37. The van der Waals surface area contributed by atoms with E-state index >= 15 is 0 Å². The molecule has 2 rings (SSSR count). The molecular formula is C10H7Cl2N3O2S. The van der Waals surface area contributed by atoms with Crippen molar-refractivity contribution in [2.75, 3.05) is 0 Å². The Kier molecular flexibility index (Phi) is 4.00. The average molecular weight is 304 g/mol. The van der Waals surface area contributed by atoms with Crippen LogP contribution < -0.4 is 10.5 Å². The highest BCUT2D eigenvalue weighted by Crippen LogP contribution is 2.25. The van der Waals surface area contributed by atoms with Crippen molar-refractivity contribution in [3.63, 3.8) is 0 Å². The maximum Gasteiger partial charge on any atom is 0.252 e. The molecule has 0 aliphatic rings. The second-order valence-corrected chi connectivity index (χ2v) is 5.08. The lowest BCUT2D eigenvalue weighted by molar-refractivity contribution is 0.0996. The van der Waals surface area contributed by atoms with Crippen LogP contribution in [0, 0.1) is 0 Å². The number of benzene rings is 1. The molecule has 0 radical (unpaired) electrons. The first-order chi connectivity index (χ1) is 8.58. The molecule has 2 N–H and O–H groups in total. The van der Waals surface area contributed by atoms with Crippen LogP contribution in [0.4, 0.5) is 0 Å². The van der Waals surface area contributed by atoms with Gasteiger partial charge in [0.15, 0.2) is 0 Å². The van der Waals surface area contributed by atoms with E-state index in [-0.39, 0.29) is 12.2 Å². The van der Waals surface area contributed by atoms with E-state index in [9.17, 15) is 4.79 Å². The van der Waals surface area contributed by atoms with E-state index in [1.807, 2.05) is 0 Å². The summed E-state index contributed by atoms with van der Waals surface area (Å²) in [5, 5.41) is 4.23. The van der Waals surface area contributed by atoms with Gasteiger partial charge in [0, 0.05) is 16.6 Å². The van der Waals surface area contributed by atoms with Gasteiger partial charge in [0.25, 0.3) is 5.91 Å². The zero-order chi connectivity index (χ0) is 13.1. The molecule has 0 fully saturated rings. The molecule has 0 atom stereocenters. The summed E-state index contributed by atoms with van der Waals surface area (Å²) in [4.78, 5) is 11.2. The molecule has 0 bridgehead atoms. The van der Waals surface area contributed by atoms with Crippen molar-refractivity contribution in [2.24, 2.45) is 5.73 Å². The number of nitrogens with two attached hydrogens (primary N) is 1. The van der Waals surface area contributed by atoms with Crippen molar-refractivity contribution < 1.29 is 9.53 Å². The molecule has 0 spiro atoms. The van der Waals surface area contributed by atoms with Crippen LogP contribution in [0.2, 0.25) is 9.36 Å². The minimum atomic E-state index is -0.593. The Bertz CT molecular complexity index is 588. The first-order valence-corrected chi connectivity index (χ1v) is 6.29. The van der Waals surface area contributed by atoms with Gasteiger partial charge in [-0.05, 0) is 18.2 Å². The molecule has 2 aromatic rings. The summed E-state index contributed by atoms with van der Waals surface area (Å²) in [5.41, 5.74) is 5.98. The van der Waals surface area contributed by atoms with E-state index in [2.05, 4.69) is 9.59 Å². The standard InChI is InChI=1S/C10H7Cl2N3O2S/c11-5-1-2-6(10(13)16)8(3-5)17-4-7-9(12)18-15-14-7/h1-3H,4H2,(H2,13,16). The van der Waals surface area contributed by atoms with E-state index in [1.165, 1.54) is 12.1 Å². The molecule has 0 aliphatic heterocycles. The van der Waals surface area contributed by atoms with Gasteiger partial charge in [0.05, 0.1) is 5.56 Å². The molecule has 0 saturated carbocycles. The number of ether oxygens (including phenoxy) is 1. The largest absolute Gasteiger partial charge is 0.486 e. The lowest BCUT2D eigenvalue weighted by Gasteiger charge is -2.08. The van der Waals surface area contributed by atoms with Crippen molar-refractivity contribution >= 4 is 40.6 Å². The smallest absolute Gasteiger partial charge is 0.252 e. The first kappa shape index (κ1) is 13.1. The van der Waals surface area contributed by atoms with Crippen LogP contribution in [-0.2, 0) is 6.61 Å². The fraction of sp³-hybridized carbons (Fsp3) is 0.100. The summed E-state index contributed by atoms with van der Waals surface area (Å²) in [7, 11) is 0. The molecule has 1 aromatic heterocycles. The average Bonchev–Trinajstić information content (AvgIpc) is 2.72. The number of rotatable bonds is 4.